The Balaban J connectivity index is 1.53. The minimum absolute atomic E-state index is 0.138. The fourth-order valence-electron chi connectivity index (χ4n) is 4.16. The monoisotopic (exact) mass is 392 g/mol. The summed E-state index contributed by atoms with van der Waals surface area (Å²) in [6.45, 7) is 6.63. The maximum absolute atomic E-state index is 12.9. The predicted octanol–water partition coefficient (Wildman–Crippen LogP) is 4.63. The SMILES string of the molecule is COc1ccc([C@H](CNC(=O)c2oc3ccc(C)cc3c2C)N2CCCC2)cc1. The molecule has 0 aliphatic carbocycles. The molecule has 1 aromatic heterocycles. The first-order valence-electron chi connectivity index (χ1n) is 10.2. The van der Waals surface area contributed by atoms with Gasteiger partial charge >= 0.3 is 0 Å². The summed E-state index contributed by atoms with van der Waals surface area (Å²) in [4.78, 5) is 15.4. The number of carbonyl (C=O) groups is 1. The van der Waals surface area contributed by atoms with Gasteiger partial charge in [0, 0.05) is 17.5 Å². The second kappa shape index (κ2) is 8.29. The Morgan fingerprint density at radius 3 is 2.55 bits per heavy atom. The van der Waals surface area contributed by atoms with Crippen LogP contribution in [-0.4, -0.2) is 37.6 Å². The lowest BCUT2D eigenvalue weighted by molar-refractivity contribution is 0.0911. The van der Waals surface area contributed by atoms with Gasteiger partial charge in [-0.1, -0.05) is 23.8 Å². The van der Waals surface area contributed by atoms with Gasteiger partial charge in [-0.15, -0.1) is 0 Å². The van der Waals surface area contributed by atoms with Crippen molar-refractivity contribution in [2.75, 3.05) is 26.7 Å². The van der Waals surface area contributed by atoms with Gasteiger partial charge in [-0.25, -0.2) is 0 Å². The van der Waals surface area contributed by atoms with Gasteiger partial charge in [0.2, 0.25) is 0 Å². The van der Waals surface area contributed by atoms with E-state index < -0.39 is 0 Å². The standard InChI is InChI=1S/C24H28N2O3/c1-16-6-11-22-20(14-16)17(2)23(29-22)24(27)25-15-21(26-12-4-5-13-26)18-7-9-19(28-3)10-8-18/h6-11,14,21H,4-5,12-13,15H2,1-3H3,(H,25,27)/t21-/m0/s1. The van der Waals surface area contributed by atoms with Crippen LogP contribution in [0.4, 0.5) is 0 Å². The molecule has 4 rings (SSSR count). The van der Waals surface area contributed by atoms with E-state index in [-0.39, 0.29) is 11.9 Å². The largest absolute Gasteiger partial charge is 0.497 e. The zero-order chi connectivity index (χ0) is 20.4. The maximum atomic E-state index is 12.9. The summed E-state index contributed by atoms with van der Waals surface area (Å²) in [5, 5.41) is 4.12. The second-order valence-electron chi connectivity index (χ2n) is 7.80. The highest BCUT2D eigenvalue weighted by Gasteiger charge is 2.25. The van der Waals surface area contributed by atoms with E-state index in [1.54, 1.807) is 7.11 Å². The third-order valence-electron chi connectivity index (χ3n) is 5.84. The smallest absolute Gasteiger partial charge is 0.287 e. The predicted molar refractivity (Wildman–Crippen MR) is 115 cm³/mol. The van der Waals surface area contributed by atoms with E-state index in [1.165, 1.54) is 18.4 Å². The van der Waals surface area contributed by atoms with Crippen molar-refractivity contribution in [3.8, 4) is 5.75 Å². The molecule has 1 fully saturated rings. The van der Waals surface area contributed by atoms with E-state index in [0.717, 1.165) is 40.9 Å². The van der Waals surface area contributed by atoms with Gasteiger partial charge in [0.1, 0.15) is 11.3 Å². The van der Waals surface area contributed by atoms with Gasteiger partial charge < -0.3 is 14.5 Å². The van der Waals surface area contributed by atoms with Crippen molar-refractivity contribution in [3.63, 3.8) is 0 Å². The second-order valence-corrected chi connectivity index (χ2v) is 7.80. The molecule has 1 saturated heterocycles. The number of likely N-dealkylation sites (tertiary alicyclic amines) is 1. The average Bonchev–Trinajstić information content (AvgIpc) is 3.37. The molecule has 1 amide bonds. The molecule has 0 saturated carbocycles. The van der Waals surface area contributed by atoms with Gasteiger partial charge in [0.05, 0.1) is 13.2 Å². The first kappa shape index (κ1) is 19.5. The number of methoxy groups -OCH3 is 1. The van der Waals surface area contributed by atoms with Crippen LogP contribution in [0.1, 0.15) is 46.1 Å². The lowest BCUT2D eigenvalue weighted by atomic mass is 10.0. The van der Waals surface area contributed by atoms with Crippen LogP contribution in [0.3, 0.4) is 0 Å². The minimum atomic E-state index is -0.158. The van der Waals surface area contributed by atoms with Crippen LogP contribution in [0.2, 0.25) is 0 Å². The summed E-state index contributed by atoms with van der Waals surface area (Å²) in [6.07, 6.45) is 2.39. The summed E-state index contributed by atoms with van der Waals surface area (Å²) in [5.41, 5.74) is 3.99. The van der Waals surface area contributed by atoms with E-state index in [2.05, 4.69) is 28.4 Å². The molecule has 0 unspecified atom stereocenters. The van der Waals surface area contributed by atoms with Crippen molar-refractivity contribution >= 4 is 16.9 Å². The van der Waals surface area contributed by atoms with E-state index in [9.17, 15) is 4.79 Å². The van der Waals surface area contributed by atoms with Crippen LogP contribution in [-0.2, 0) is 0 Å². The fraction of sp³-hybridized carbons (Fsp3) is 0.375. The van der Waals surface area contributed by atoms with Crippen molar-refractivity contribution in [2.45, 2.75) is 32.7 Å². The summed E-state index contributed by atoms with van der Waals surface area (Å²) < 4.78 is 11.2. The zero-order valence-electron chi connectivity index (χ0n) is 17.3. The number of aryl methyl sites for hydroxylation is 2. The van der Waals surface area contributed by atoms with Crippen molar-refractivity contribution < 1.29 is 13.9 Å². The third kappa shape index (κ3) is 4.01. The molecule has 0 bridgehead atoms. The Labute approximate surface area is 171 Å². The maximum Gasteiger partial charge on any atom is 0.287 e. The Kier molecular flexibility index (Phi) is 5.58. The number of hydrogen-bond donors (Lipinski definition) is 1. The van der Waals surface area contributed by atoms with Crippen LogP contribution >= 0.6 is 0 Å². The normalized spacial score (nSPS) is 15.6. The molecule has 3 aromatic rings. The van der Waals surface area contributed by atoms with E-state index in [0.29, 0.717) is 12.3 Å². The molecule has 1 atom stereocenters. The highest BCUT2D eigenvalue weighted by Crippen LogP contribution is 2.28. The van der Waals surface area contributed by atoms with Crippen LogP contribution in [0.5, 0.6) is 5.75 Å². The summed E-state index contributed by atoms with van der Waals surface area (Å²) in [6, 6.07) is 14.3. The molecule has 152 valence electrons. The number of nitrogens with one attached hydrogen (secondary N) is 1. The molecule has 29 heavy (non-hydrogen) atoms. The summed E-state index contributed by atoms with van der Waals surface area (Å²) in [7, 11) is 1.67. The molecule has 5 nitrogen and oxygen atoms in total. The minimum Gasteiger partial charge on any atom is -0.497 e. The van der Waals surface area contributed by atoms with E-state index >= 15 is 0 Å². The molecule has 0 spiro atoms. The Hall–Kier alpha value is -2.79. The van der Waals surface area contributed by atoms with Crippen molar-refractivity contribution in [1.29, 1.82) is 0 Å². The van der Waals surface area contributed by atoms with Crippen LogP contribution in [0.15, 0.2) is 46.9 Å². The molecule has 5 heteroatoms. The van der Waals surface area contributed by atoms with Gasteiger partial charge in [0.25, 0.3) is 5.91 Å². The highest BCUT2D eigenvalue weighted by atomic mass is 16.5. The van der Waals surface area contributed by atoms with Crippen LogP contribution in [0, 0.1) is 13.8 Å². The number of rotatable bonds is 6. The van der Waals surface area contributed by atoms with Gasteiger partial charge in [-0.3, -0.25) is 9.69 Å². The van der Waals surface area contributed by atoms with E-state index in [1.807, 2.05) is 38.1 Å². The van der Waals surface area contributed by atoms with Gasteiger partial charge in [0.15, 0.2) is 5.76 Å². The summed E-state index contributed by atoms with van der Waals surface area (Å²) in [5.74, 6) is 1.08. The number of hydrogen-bond acceptors (Lipinski definition) is 4. The number of fused-ring (bicyclic) bond motifs is 1. The number of ether oxygens (including phenoxy) is 1. The summed E-state index contributed by atoms with van der Waals surface area (Å²) >= 11 is 0. The highest BCUT2D eigenvalue weighted by molar-refractivity contribution is 5.99. The van der Waals surface area contributed by atoms with E-state index in [4.69, 9.17) is 9.15 Å². The van der Waals surface area contributed by atoms with Gasteiger partial charge in [-0.2, -0.15) is 0 Å². The first-order chi connectivity index (χ1) is 14.1. The van der Waals surface area contributed by atoms with Crippen LogP contribution in [0.25, 0.3) is 11.0 Å². The molecule has 1 aliphatic heterocycles. The molecular formula is C24H28N2O3. The number of nitrogens with zero attached hydrogens (tertiary/aromatic N) is 1. The Bertz CT molecular complexity index is 1000. The Morgan fingerprint density at radius 1 is 1.14 bits per heavy atom. The lowest BCUT2D eigenvalue weighted by Gasteiger charge is -2.28. The Morgan fingerprint density at radius 2 is 1.86 bits per heavy atom. The third-order valence-corrected chi connectivity index (χ3v) is 5.84. The van der Waals surface area contributed by atoms with Crippen LogP contribution < -0.4 is 10.1 Å². The fourth-order valence-corrected chi connectivity index (χ4v) is 4.16. The van der Waals surface area contributed by atoms with Gasteiger partial charge in [-0.05, 0) is 69.6 Å². The zero-order valence-corrected chi connectivity index (χ0v) is 17.3. The van der Waals surface area contributed by atoms with Crippen molar-refractivity contribution in [3.05, 3.63) is 64.9 Å². The molecule has 1 aliphatic rings. The molecule has 0 radical (unpaired) electrons. The quantitative estimate of drug-likeness (QED) is 0.665. The molecule has 2 heterocycles. The number of benzene rings is 2. The topological polar surface area (TPSA) is 54.7 Å². The van der Waals surface area contributed by atoms with Crippen molar-refractivity contribution in [1.82, 2.24) is 10.2 Å². The molecule has 1 N–H and O–H groups in total. The molecule has 2 aromatic carbocycles. The molecular weight excluding hydrogens is 364 g/mol. The average molecular weight is 392 g/mol. The first-order valence-corrected chi connectivity index (χ1v) is 10.2. The number of furan rings is 1. The number of amides is 1. The van der Waals surface area contributed by atoms with Crippen molar-refractivity contribution in [2.24, 2.45) is 0 Å². The lowest BCUT2D eigenvalue weighted by Crippen LogP contribution is -2.36. The number of carbonyl (C=O) groups excluding carboxylic acids is 1.